The van der Waals surface area contributed by atoms with Gasteiger partial charge in [-0.2, -0.15) is 4.98 Å². The molecule has 1 heterocycles. The van der Waals surface area contributed by atoms with Crippen molar-refractivity contribution in [2.75, 3.05) is 11.9 Å². The number of aromatic nitrogens is 2. The van der Waals surface area contributed by atoms with Crippen LogP contribution in [-0.4, -0.2) is 22.6 Å². The van der Waals surface area contributed by atoms with Crippen LogP contribution < -0.4 is 10.1 Å². The minimum absolute atomic E-state index is 0.369. The summed E-state index contributed by atoms with van der Waals surface area (Å²) in [6.07, 6.45) is 4.77. The van der Waals surface area contributed by atoms with Crippen LogP contribution in [0.1, 0.15) is 24.5 Å². The molecule has 20 heavy (non-hydrogen) atoms. The van der Waals surface area contributed by atoms with E-state index in [1.165, 1.54) is 11.1 Å². The van der Waals surface area contributed by atoms with Gasteiger partial charge in [-0.15, -0.1) is 0 Å². The maximum atomic E-state index is 5.53. The fourth-order valence-corrected chi connectivity index (χ4v) is 2.54. The van der Waals surface area contributed by atoms with Gasteiger partial charge in [0.1, 0.15) is 0 Å². The molecule has 0 bridgehead atoms. The molecule has 0 amide bonds. The Morgan fingerprint density at radius 2 is 1.95 bits per heavy atom. The van der Waals surface area contributed by atoms with Gasteiger partial charge in [-0.25, -0.2) is 4.98 Å². The second-order valence-electron chi connectivity index (χ2n) is 5.09. The van der Waals surface area contributed by atoms with Crippen molar-refractivity contribution in [1.82, 2.24) is 9.97 Å². The summed E-state index contributed by atoms with van der Waals surface area (Å²) in [6, 6.07) is 10.7. The van der Waals surface area contributed by atoms with Crippen molar-refractivity contribution < 1.29 is 4.74 Å². The summed E-state index contributed by atoms with van der Waals surface area (Å²) < 4.78 is 5.53. The summed E-state index contributed by atoms with van der Waals surface area (Å²) in [6.45, 7) is 2.77. The molecule has 2 aromatic rings. The average molecular weight is 269 g/mol. The first kappa shape index (κ1) is 12.9. The molecule has 0 saturated carbocycles. The van der Waals surface area contributed by atoms with Crippen molar-refractivity contribution in [2.24, 2.45) is 0 Å². The van der Waals surface area contributed by atoms with E-state index in [2.05, 4.69) is 46.5 Å². The number of hydrogen-bond donors (Lipinski definition) is 1. The molecule has 1 aliphatic rings. The number of rotatable bonds is 5. The Bertz CT molecular complexity index is 560. The normalized spacial score (nSPS) is 14.1. The van der Waals surface area contributed by atoms with Crippen LogP contribution in [0.25, 0.3) is 0 Å². The van der Waals surface area contributed by atoms with Crippen LogP contribution in [0.2, 0.25) is 0 Å². The molecule has 0 aliphatic heterocycles. The number of nitrogens with one attached hydrogen (secondary N) is 1. The third kappa shape index (κ3) is 2.90. The molecule has 1 aliphatic carbocycles. The molecular formula is C16H19N3O. The van der Waals surface area contributed by atoms with Gasteiger partial charge in [0, 0.05) is 18.3 Å². The number of benzene rings is 1. The smallest absolute Gasteiger partial charge is 0.226 e. The molecule has 3 rings (SSSR count). The van der Waals surface area contributed by atoms with Crippen LogP contribution >= 0.6 is 0 Å². The molecule has 1 aromatic carbocycles. The first-order chi connectivity index (χ1) is 9.85. The molecule has 0 unspecified atom stereocenters. The molecular weight excluding hydrogens is 250 g/mol. The van der Waals surface area contributed by atoms with E-state index in [1.807, 2.05) is 0 Å². The van der Waals surface area contributed by atoms with Gasteiger partial charge in [0.15, 0.2) is 0 Å². The number of anilines is 1. The van der Waals surface area contributed by atoms with Crippen LogP contribution in [0, 0.1) is 0 Å². The number of ether oxygens (including phenoxy) is 1. The zero-order valence-corrected chi connectivity index (χ0v) is 11.7. The van der Waals surface area contributed by atoms with E-state index in [9.17, 15) is 0 Å². The maximum absolute atomic E-state index is 5.53. The van der Waals surface area contributed by atoms with Crippen molar-refractivity contribution in [1.29, 1.82) is 0 Å². The van der Waals surface area contributed by atoms with Crippen LogP contribution in [-0.2, 0) is 12.8 Å². The van der Waals surface area contributed by atoms with Gasteiger partial charge in [0.25, 0.3) is 0 Å². The first-order valence-electron chi connectivity index (χ1n) is 7.14. The topological polar surface area (TPSA) is 47.0 Å². The predicted octanol–water partition coefficient (Wildman–Crippen LogP) is 2.84. The van der Waals surface area contributed by atoms with Crippen LogP contribution in [0.15, 0.2) is 36.5 Å². The fourth-order valence-electron chi connectivity index (χ4n) is 2.54. The Morgan fingerprint density at radius 3 is 2.65 bits per heavy atom. The van der Waals surface area contributed by atoms with Crippen molar-refractivity contribution in [3.8, 4) is 5.88 Å². The minimum atomic E-state index is 0.369. The Kier molecular flexibility index (Phi) is 3.81. The highest BCUT2D eigenvalue weighted by Gasteiger charge is 2.21. The summed E-state index contributed by atoms with van der Waals surface area (Å²) >= 11 is 0. The van der Waals surface area contributed by atoms with Crippen molar-refractivity contribution in [2.45, 2.75) is 32.2 Å². The van der Waals surface area contributed by atoms with Gasteiger partial charge in [0.05, 0.1) is 6.61 Å². The molecule has 0 radical (unpaired) electrons. The second-order valence-corrected chi connectivity index (χ2v) is 5.09. The summed E-state index contributed by atoms with van der Waals surface area (Å²) in [5.41, 5.74) is 2.84. The van der Waals surface area contributed by atoms with Gasteiger partial charge in [-0.1, -0.05) is 31.2 Å². The lowest BCUT2D eigenvalue weighted by atomic mass is 10.1. The lowest BCUT2D eigenvalue weighted by molar-refractivity contribution is 0.305. The third-order valence-corrected chi connectivity index (χ3v) is 3.47. The van der Waals surface area contributed by atoms with Gasteiger partial charge < -0.3 is 10.1 Å². The minimum Gasteiger partial charge on any atom is -0.478 e. The molecule has 104 valence electrons. The zero-order chi connectivity index (χ0) is 13.8. The van der Waals surface area contributed by atoms with E-state index >= 15 is 0 Å². The number of fused-ring (bicyclic) bond motifs is 1. The average Bonchev–Trinajstić information content (AvgIpc) is 2.87. The van der Waals surface area contributed by atoms with Crippen molar-refractivity contribution in [3.05, 3.63) is 47.7 Å². The highest BCUT2D eigenvalue weighted by atomic mass is 16.5. The lowest BCUT2D eigenvalue weighted by Gasteiger charge is -2.12. The molecule has 0 fully saturated rings. The maximum Gasteiger partial charge on any atom is 0.226 e. The van der Waals surface area contributed by atoms with Crippen LogP contribution in [0.5, 0.6) is 5.88 Å². The van der Waals surface area contributed by atoms with Gasteiger partial charge in [0.2, 0.25) is 11.8 Å². The summed E-state index contributed by atoms with van der Waals surface area (Å²) in [7, 11) is 0. The van der Waals surface area contributed by atoms with Crippen LogP contribution in [0.3, 0.4) is 0 Å². The highest BCUT2D eigenvalue weighted by molar-refractivity contribution is 5.38. The van der Waals surface area contributed by atoms with E-state index in [-0.39, 0.29) is 0 Å². The largest absolute Gasteiger partial charge is 0.478 e. The van der Waals surface area contributed by atoms with E-state index in [0.29, 0.717) is 24.5 Å². The Hall–Kier alpha value is -2.10. The van der Waals surface area contributed by atoms with Gasteiger partial charge in [-0.05, 0) is 30.4 Å². The second kappa shape index (κ2) is 5.90. The van der Waals surface area contributed by atoms with Crippen LogP contribution in [0.4, 0.5) is 5.95 Å². The number of hydrogen-bond acceptors (Lipinski definition) is 4. The third-order valence-electron chi connectivity index (χ3n) is 3.47. The SMILES string of the molecule is CCCOc1ccnc(NC2Cc3ccccc3C2)n1. The van der Waals surface area contributed by atoms with E-state index in [0.717, 1.165) is 19.3 Å². The highest BCUT2D eigenvalue weighted by Crippen LogP contribution is 2.23. The first-order valence-corrected chi connectivity index (χ1v) is 7.14. The zero-order valence-electron chi connectivity index (χ0n) is 11.7. The molecule has 0 spiro atoms. The quantitative estimate of drug-likeness (QED) is 0.906. The van der Waals surface area contributed by atoms with E-state index in [4.69, 9.17) is 4.74 Å². The summed E-state index contributed by atoms with van der Waals surface area (Å²) in [5.74, 6) is 1.29. The van der Waals surface area contributed by atoms with E-state index in [1.54, 1.807) is 12.3 Å². The standard InChI is InChI=1S/C16H19N3O/c1-2-9-20-15-7-8-17-16(19-15)18-14-10-12-5-3-4-6-13(12)11-14/h3-8,14H,2,9-11H2,1H3,(H,17,18,19). The van der Waals surface area contributed by atoms with Gasteiger partial charge >= 0.3 is 0 Å². The van der Waals surface area contributed by atoms with Gasteiger partial charge in [-0.3, -0.25) is 0 Å². The monoisotopic (exact) mass is 269 g/mol. The summed E-state index contributed by atoms with van der Waals surface area (Å²) in [4.78, 5) is 8.66. The molecule has 0 atom stereocenters. The lowest BCUT2D eigenvalue weighted by Crippen LogP contribution is -2.21. The molecule has 4 heteroatoms. The Labute approximate surface area is 119 Å². The molecule has 1 N–H and O–H groups in total. The molecule has 4 nitrogen and oxygen atoms in total. The van der Waals surface area contributed by atoms with E-state index < -0.39 is 0 Å². The van der Waals surface area contributed by atoms with Crippen molar-refractivity contribution >= 4 is 5.95 Å². The van der Waals surface area contributed by atoms with Crippen molar-refractivity contribution in [3.63, 3.8) is 0 Å². The summed E-state index contributed by atoms with van der Waals surface area (Å²) in [5, 5.41) is 3.40. The fraction of sp³-hybridized carbons (Fsp3) is 0.375. The number of nitrogens with zero attached hydrogens (tertiary/aromatic N) is 2. The Morgan fingerprint density at radius 1 is 1.20 bits per heavy atom. The molecule has 0 saturated heterocycles. The molecule has 1 aromatic heterocycles. The Balaban J connectivity index is 1.64. The predicted molar refractivity (Wildman–Crippen MR) is 79.1 cm³/mol.